The van der Waals surface area contributed by atoms with Crippen LogP contribution in [0.4, 0.5) is 0 Å². The summed E-state index contributed by atoms with van der Waals surface area (Å²) in [6, 6.07) is 5.90. The van der Waals surface area contributed by atoms with E-state index in [2.05, 4.69) is 17.0 Å². The number of rotatable bonds is 2. The zero-order valence-electron chi connectivity index (χ0n) is 22.5. The zero-order valence-corrected chi connectivity index (χ0v) is 23.3. The number of ether oxygens (including phenoxy) is 1. The number of carbonyl (C=O) groups excluding carboxylic acids is 2. The molecule has 0 amide bonds. The zero-order chi connectivity index (χ0) is 27.3. The Morgan fingerprint density at radius 2 is 1.97 bits per heavy atom. The number of aryl methyl sites for hydroxylation is 1. The smallest absolute Gasteiger partial charge is 0.309 e. The maximum atomic E-state index is 13.5. The van der Waals surface area contributed by atoms with Crippen LogP contribution in [-0.4, -0.2) is 39.2 Å². The molecule has 0 unspecified atom stereocenters. The summed E-state index contributed by atoms with van der Waals surface area (Å²) in [5.74, 6) is 0.632. The fraction of sp³-hybridized carbons (Fsp3) is 0.567. The summed E-state index contributed by atoms with van der Waals surface area (Å²) in [6.45, 7) is 9.13. The third-order valence-electron chi connectivity index (χ3n) is 7.57. The molecular formula is C30H39NO5S. The maximum Gasteiger partial charge on any atom is 0.309 e. The van der Waals surface area contributed by atoms with Crippen LogP contribution in [0.3, 0.4) is 0 Å². The van der Waals surface area contributed by atoms with Gasteiger partial charge in [0.2, 0.25) is 0 Å². The van der Waals surface area contributed by atoms with Gasteiger partial charge in [-0.05, 0) is 56.7 Å². The number of nitrogens with zero attached hydrogens (tertiary/aromatic N) is 1. The predicted molar refractivity (Wildman–Crippen MR) is 147 cm³/mol. The van der Waals surface area contributed by atoms with Crippen LogP contribution < -0.4 is 0 Å². The van der Waals surface area contributed by atoms with Crippen LogP contribution in [0.5, 0.6) is 0 Å². The predicted octanol–water partition coefficient (Wildman–Crippen LogP) is 5.69. The second-order valence-corrected chi connectivity index (χ2v) is 12.1. The Morgan fingerprint density at radius 3 is 2.68 bits per heavy atom. The van der Waals surface area contributed by atoms with E-state index in [1.165, 1.54) is 0 Å². The second kappa shape index (κ2) is 12.3. The molecule has 0 spiro atoms. The van der Waals surface area contributed by atoms with Crippen molar-refractivity contribution in [1.82, 2.24) is 4.98 Å². The van der Waals surface area contributed by atoms with Crippen LogP contribution in [0, 0.1) is 36.5 Å². The van der Waals surface area contributed by atoms with E-state index in [1.807, 2.05) is 39.0 Å². The molecular weight excluding hydrogens is 486 g/mol. The first-order valence-electron chi connectivity index (χ1n) is 13.0. The number of allylic oxidation sites excluding steroid dienone is 1. The molecule has 6 nitrogen and oxygen atoms in total. The Morgan fingerprint density at radius 1 is 1.24 bits per heavy atom. The summed E-state index contributed by atoms with van der Waals surface area (Å²) >= 11 is 1.61. The van der Waals surface area contributed by atoms with E-state index in [1.54, 1.807) is 25.2 Å². The highest BCUT2D eigenvalue weighted by atomic mass is 32.1. The molecule has 200 valence electrons. The van der Waals surface area contributed by atoms with Gasteiger partial charge in [-0.25, -0.2) is 4.98 Å². The van der Waals surface area contributed by atoms with Gasteiger partial charge in [-0.1, -0.05) is 38.5 Å². The summed E-state index contributed by atoms with van der Waals surface area (Å²) in [5, 5.41) is 23.0. The van der Waals surface area contributed by atoms with Crippen molar-refractivity contribution in [3.8, 4) is 12.3 Å². The number of hydrogen-bond donors (Lipinski definition) is 2. The van der Waals surface area contributed by atoms with Crippen molar-refractivity contribution in [3.63, 3.8) is 0 Å². The molecule has 0 bridgehead atoms. The van der Waals surface area contributed by atoms with Crippen molar-refractivity contribution in [2.75, 3.05) is 0 Å². The van der Waals surface area contributed by atoms with Crippen LogP contribution in [0.15, 0.2) is 29.8 Å². The Labute approximate surface area is 224 Å². The summed E-state index contributed by atoms with van der Waals surface area (Å²) in [7, 11) is 0. The highest BCUT2D eigenvalue weighted by Crippen LogP contribution is 2.35. The topological polar surface area (TPSA) is 96.7 Å². The van der Waals surface area contributed by atoms with Crippen molar-refractivity contribution < 1.29 is 24.5 Å². The molecule has 5 atom stereocenters. The lowest BCUT2D eigenvalue weighted by Crippen LogP contribution is -2.46. The standard InChI is InChI=1S/C30H39NO5S/c1-7-9-22-28(34)19(3)11-8-10-18(2)12-14-24(21-13-15-25-23(16-21)31-20(4)37-25)36-27(33)17-26(32)30(5,6)29(22)35/h1,12-13,15-16,19,22,24,26,28,32,34H,8-11,14,17H2,2-6H3/b18-12-/t19-,22+,24-,26+,28-/m0/s1. The van der Waals surface area contributed by atoms with Gasteiger partial charge in [-0.15, -0.1) is 23.7 Å². The number of ketones is 1. The van der Waals surface area contributed by atoms with Gasteiger partial charge in [0.1, 0.15) is 11.9 Å². The van der Waals surface area contributed by atoms with Gasteiger partial charge in [-0.2, -0.15) is 0 Å². The monoisotopic (exact) mass is 525 g/mol. The summed E-state index contributed by atoms with van der Waals surface area (Å²) in [6.07, 6.45) is 7.52. The van der Waals surface area contributed by atoms with Gasteiger partial charge >= 0.3 is 5.97 Å². The molecule has 0 saturated carbocycles. The molecule has 0 aliphatic carbocycles. The van der Waals surface area contributed by atoms with Gasteiger partial charge in [0.25, 0.3) is 0 Å². The first-order valence-corrected chi connectivity index (χ1v) is 13.8. The van der Waals surface area contributed by atoms with Gasteiger partial charge < -0.3 is 14.9 Å². The second-order valence-electron chi connectivity index (χ2n) is 10.9. The molecule has 1 aliphatic heterocycles. The normalized spacial score (nSPS) is 29.8. The number of benzene rings is 1. The number of carbonyl (C=O) groups is 2. The van der Waals surface area contributed by atoms with E-state index >= 15 is 0 Å². The fourth-order valence-electron chi connectivity index (χ4n) is 4.95. The lowest BCUT2D eigenvalue weighted by Gasteiger charge is -2.35. The molecule has 0 saturated heterocycles. The van der Waals surface area contributed by atoms with Crippen LogP contribution in [-0.2, 0) is 14.3 Å². The summed E-state index contributed by atoms with van der Waals surface area (Å²) in [5.41, 5.74) is 1.58. The van der Waals surface area contributed by atoms with E-state index in [4.69, 9.17) is 11.2 Å². The van der Waals surface area contributed by atoms with Gasteiger partial charge in [0, 0.05) is 12.8 Å². The quantitative estimate of drug-likeness (QED) is 0.297. The molecule has 2 aromatic rings. The molecule has 1 aliphatic rings. The first kappa shape index (κ1) is 29.0. The van der Waals surface area contributed by atoms with E-state index in [9.17, 15) is 19.8 Å². The Hall–Kier alpha value is -2.53. The number of Topliss-reactive ketones (excluding diaryl/α,β-unsaturated/α-hetero) is 1. The summed E-state index contributed by atoms with van der Waals surface area (Å²) in [4.78, 5) is 31.1. The van der Waals surface area contributed by atoms with Crippen LogP contribution in [0.1, 0.15) is 82.9 Å². The number of aliphatic hydroxyl groups excluding tert-OH is 2. The lowest BCUT2D eigenvalue weighted by atomic mass is 9.71. The molecule has 2 heterocycles. The SMILES string of the molecule is C#CC[C@H]1C(=O)C(C)(C)[C@H](O)CC(=O)O[C@H](c2ccc3sc(C)nc3c2)C/C=C(/C)CCC[C@H](C)[C@@H]1O. The number of hydrogen-bond acceptors (Lipinski definition) is 7. The minimum atomic E-state index is -1.29. The Kier molecular flexibility index (Phi) is 9.68. The molecule has 0 fully saturated rings. The number of cyclic esters (lactones) is 1. The van der Waals surface area contributed by atoms with Gasteiger partial charge in [0.15, 0.2) is 0 Å². The number of aromatic nitrogens is 1. The third-order valence-corrected chi connectivity index (χ3v) is 8.52. The van der Waals surface area contributed by atoms with Crippen molar-refractivity contribution in [1.29, 1.82) is 0 Å². The number of fused-ring (bicyclic) bond motifs is 1. The van der Waals surface area contributed by atoms with Crippen molar-refractivity contribution in [2.45, 2.75) is 91.5 Å². The third kappa shape index (κ3) is 7.07. The van der Waals surface area contributed by atoms with E-state index in [0.29, 0.717) is 6.42 Å². The maximum absolute atomic E-state index is 13.5. The van der Waals surface area contributed by atoms with E-state index in [0.717, 1.165) is 45.6 Å². The Bertz CT molecular complexity index is 1190. The number of terminal acetylenes is 1. The minimum Gasteiger partial charge on any atom is -0.457 e. The van der Waals surface area contributed by atoms with Crippen LogP contribution in [0.2, 0.25) is 0 Å². The fourth-order valence-corrected chi connectivity index (χ4v) is 5.76. The van der Waals surface area contributed by atoms with E-state index < -0.39 is 35.6 Å². The van der Waals surface area contributed by atoms with Crippen molar-refractivity contribution >= 4 is 33.3 Å². The average molecular weight is 526 g/mol. The van der Waals surface area contributed by atoms with Gasteiger partial charge in [0.05, 0.1) is 45.2 Å². The molecule has 1 aromatic carbocycles. The summed E-state index contributed by atoms with van der Waals surface area (Å²) < 4.78 is 6.96. The molecule has 0 radical (unpaired) electrons. The van der Waals surface area contributed by atoms with E-state index in [-0.39, 0.29) is 24.5 Å². The minimum absolute atomic E-state index is 0.0739. The number of thiazole rings is 1. The molecule has 7 heteroatoms. The number of esters is 1. The van der Waals surface area contributed by atoms with Crippen LogP contribution >= 0.6 is 11.3 Å². The van der Waals surface area contributed by atoms with Crippen molar-refractivity contribution in [3.05, 3.63) is 40.4 Å². The average Bonchev–Trinajstić information content (AvgIpc) is 3.22. The molecule has 3 rings (SSSR count). The highest BCUT2D eigenvalue weighted by molar-refractivity contribution is 7.18. The molecule has 2 N–H and O–H groups in total. The van der Waals surface area contributed by atoms with Gasteiger partial charge in [-0.3, -0.25) is 9.59 Å². The Balaban J connectivity index is 1.93. The van der Waals surface area contributed by atoms with Crippen LogP contribution in [0.25, 0.3) is 10.2 Å². The largest absolute Gasteiger partial charge is 0.457 e. The first-order chi connectivity index (χ1) is 17.4. The van der Waals surface area contributed by atoms with Crippen molar-refractivity contribution in [2.24, 2.45) is 17.3 Å². The number of aliphatic hydroxyl groups is 2. The molecule has 37 heavy (non-hydrogen) atoms. The highest BCUT2D eigenvalue weighted by Gasteiger charge is 2.43. The lowest BCUT2D eigenvalue weighted by molar-refractivity contribution is -0.156. The molecule has 1 aromatic heterocycles.